The zero-order valence-corrected chi connectivity index (χ0v) is 15.8. The number of Topliss-reactive ketones (excluding diaryl/α,β-unsaturated/α-hetero) is 1. The van der Waals surface area contributed by atoms with Gasteiger partial charge in [0.15, 0.2) is 0 Å². The van der Waals surface area contributed by atoms with Crippen molar-refractivity contribution in [3.8, 4) is 17.3 Å². The van der Waals surface area contributed by atoms with Crippen molar-refractivity contribution < 1.29 is 4.79 Å². The first kappa shape index (κ1) is 17.6. The number of aromatic nitrogens is 2. The van der Waals surface area contributed by atoms with Crippen LogP contribution in [0.3, 0.4) is 0 Å². The summed E-state index contributed by atoms with van der Waals surface area (Å²) in [5.41, 5.74) is 4.22. The van der Waals surface area contributed by atoms with Gasteiger partial charge in [-0.3, -0.25) is 4.79 Å². The summed E-state index contributed by atoms with van der Waals surface area (Å²) in [6, 6.07) is 23.5. The van der Waals surface area contributed by atoms with E-state index in [2.05, 4.69) is 6.07 Å². The molecule has 2 aromatic heterocycles. The fraction of sp³-hybridized carbons (Fsp3) is 0.0833. The zero-order chi connectivity index (χ0) is 19.7. The monoisotopic (exact) mass is 365 g/mol. The van der Waals surface area contributed by atoms with E-state index in [1.807, 2.05) is 96.2 Å². The quantitative estimate of drug-likeness (QED) is 0.291. The molecule has 0 spiro atoms. The molecule has 28 heavy (non-hydrogen) atoms. The van der Waals surface area contributed by atoms with Crippen molar-refractivity contribution in [1.29, 1.82) is 5.26 Å². The number of carbonyl (C=O) groups is 1. The summed E-state index contributed by atoms with van der Waals surface area (Å²) in [7, 11) is 3.84. The highest BCUT2D eigenvalue weighted by atomic mass is 16.1. The second kappa shape index (κ2) is 7.05. The number of hydrogen-bond acceptors (Lipinski definition) is 2. The van der Waals surface area contributed by atoms with Crippen molar-refractivity contribution in [3.05, 3.63) is 89.8 Å². The number of carbonyl (C=O) groups excluding carboxylic acids is 1. The summed E-state index contributed by atoms with van der Waals surface area (Å²) < 4.78 is 3.90. The number of benzene rings is 2. The third-order valence-electron chi connectivity index (χ3n) is 5.02. The van der Waals surface area contributed by atoms with Crippen LogP contribution in [0.2, 0.25) is 0 Å². The third-order valence-corrected chi connectivity index (χ3v) is 5.02. The van der Waals surface area contributed by atoms with Crippen LogP contribution in [-0.2, 0) is 14.1 Å². The highest BCUT2D eigenvalue weighted by Gasteiger charge is 2.24. The lowest BCUT2D eigenvalue weighted by molar-refractivity contribution is 0.104. The molecule has 0 bridgehead atoms. The number of hydrogen-bond donors (Lipinski definition) is 0. The van der Waals surface area contributed by atoms with E-state index in [0.29, 0.717) is 5.56 Å². The molecule has 2 aromatic carbocycles. The summed E-state index contributed by atoms with van der Waals surface area (Å²) >= 11 is 0. The Hall–Kier alpha value is -3.84. The van der Waals surface area contributed by atoms with Crippen molar-refractivity contribution in [2.24, 2.45) is 14.1 Å². The van der Waals surface area contributed by atoms with Gasteiger partial charge in [0.05, 0.1) is 11.3 Å². The predicted octanol–water partition coefficient (Wildman–Crippen LogP) is 4.97. The Balaban J connectivity index is 1.98. The van der Waals surface area contributed by atoms with Crippen molar-refractivity contribution in [1.82, 2.24) is 9.13 Å². The van der Waals surface area contributed by atoms with Crippen LogP contribution in [0.1, 0.15) is 16.1 Å². The van der Waals surface area contributed by atoms with Crippen LogP contribution >= 0.6 is 0 Å². The molecular weight excluding hydrogens is 346 g/mol. The standard InChI is InChI=1S/C24H19N3O/c1-26-14-8-11-19(26)15-18(16-25)24(28)22-20-12-6-7-13-21(20)27(2)23(22)17-9-4-3-5-10-17/h3-15H,1-2H3/b18-15+. The van der Waals surface area contributed by atoms with Gasteiger partial charge in [0.25, 0.3) is 0 Å². The van der Waals surface area contributed by atoms with Gasteiger partial charge in [-0.2, -0.15) is 5.26 Å². The molecule has 136 valence electrons. The molecule has 0 aliphatic rings. The summed E-state index contributed by atoms with van der Waals surface area (Å²) in [4.78, 5) is 13.5. The Morgan fingerprint density at radius 2 is 1.68 bits per heavy atom. The molecule has 4 nitrogen and oxygen atoms in total. The van der Waals surface area contributed by atoms with Crippen molar-refractivity contribution in [2.45, 2.75) is 0 Å². The van der Waals surface area contributed by atoms with Crippen LogP contribution in [0.25, 0.3) is 28.2 Å². The number of nitrogens with zero attached hydrogens (tertiary/aromatic N) is 3. The van der Waals surface area contributed by atoms with E-state index in [9.17, 15) is 10.1 Å². The maximum atomic E-state index is 13.5. The number of para-hydroxylation sites is 1. The average molecular weight is 365 g/mol. The van der Waals surface area contributed by atoms with E-state index in [0.717, 1.165) is 27.9 Å². The van der Waals surface area contributed by atoms with Crippen molar-refractivity contribution >= 4 is 22.8 Å². The van der Waals surface area contributed by atoms with Gasteiger partial charge in [-0.05, 0) is 29.8 Å². The van der Waals surface area contributed by atoms with Gasteiger partial charge < -0.3 is 9.13 Å². The number of fused-ring (bicyclic) bond motifs is 1. The number of rotatable bonds is 4. The second-order valence-electron chi connectivity index (χ2n) is 6.71. The lowest BCUT2D eigenvalue weighted by atomic mass is 9.97. The van der Waals surface area contributed by atoms with Gasteiger partial charge in [-0.15, -0.1) is 0 Å². The zero-order valence-electron chi connectivity index (χ0n) is 15.8. The van der Waals surface area contributed by atoms with Crippen LogP contribution in [0.4, 0.5) is 0 Å². The van der Waals surface area contributed by atoms with Crippen LogP contribution in [0.5, 0.6) is 0 Å². The molecule has 0 saturated carbocycles. The van der Waals surface area contributed by atoms with Crippen LogP contribution < -0.4 is 0 Å². The van der Waals surface area contributed by atoms with Crippen LogP contribution in [-0.4, -0.2) is 14.9 Å². The Morgan fingerprint density at radius 1 is 0.964 bits per heavy atom. The number of ketones is 1. The smallest absolute Gasteiger partial charge is 0.206 e. The van der Waals surface area contributed by atoms with E-state index in [1.165, 1.54) is 0 Å². The summed E-state index contributed by atoms with van der Waals surface area (Å²) in [5.74, 6) is -0.264. The van der Waals surface area contributed by atoms with E-state index in [1.54, 1.807) is 6.08 Å². The van der Waals surface area contributed by atoms with Gasteiger partial charge >= 0.3 is 0 Å². The van der Waals surface area contributed by atoms with Crippen molar-refractivity contribution in [2.75, 3.05) is 0 Å². The predicted molar refractivity (Wildman–Crippen MR) is 112 cm³/mol. The molecule has 0 N–H and O–H groups in total. The number of nitriles is 1. The Labute approximate surface area is 163 Å². The molecule has 4 aromatic rings. The number of allylic oxidation sites excluding steroid dienone is 1. The van der Waals surface area contributed by atoms with Gasteiger partial charge in [-0.1, -0.05) is 48.5 Å². The van der Waals surface area contributed by atoms with E-state index in [4.69, 9.17) is 0 Å². The van der Waals surface area contributed by atoms with Gasteiger partial charge in [0, 0.05) is 36.9 Å². The molecular formula is C24H19N3O. The second-order valence-corrected chi connectivity index (χ2v) is 6.71. The topological polar surface area (TPSA) is 50.7 Å². The maximum absolute atomic E-state index is 13.5. The van der Waals surface area contributed by atoms with Gasteiger partial charge in [0.1, 0.15) is 11.6 Å². The molecule has 0 atom stereocenters. The molecule has 2 heterocycles. The van der Waals surface area contributed by atoms with E-state index in [-0.39, 0.29) is 11.4 Å². The third kappa shape index (κ3) is 2.83. The van der Waals surface area contributed by atoms with Gasteiger partial charge in [-0.25, -0.2) is 0 Å². The molecule has 4 heteroatoms. The largest absolute Gasteiger partial charge is 0.351 e. The molecule has 0 fully saturated rings. The molecule has 0 aliphatic heterocycles. The van der Waals surface area contributed by atoms with Crippen LogP contribution in [0.15, 0.2) is 78.5 Å². The summed E-state index contributed by atoms with van der Waals surface area (Å²) in [6.07, 6.45) is 3.54. The average Bonchev–Trinajstić information content (AvgIpc) is 3.27. The van der Waals surface area contributed by atoms with Gasteiger partial charge in [0.2, 0.25) is 5.78 Å². The molecule has 0 radical (unpaired) electrons. The lowest BCUT2D eigenvalue weighted by Crippen LogP contribution is -2.05. The van der Waals surface area contributed by atoms with E-state index < -0.39 is 0 Å². The normalized spacial score (nSPS) is 11.5. The van der Waals surface area contributed by atoms with E-state index >= 15 is 0 Å². The fourth-order valence-electron chi connectivity index (χ4n) is 3.61. The van der Waals surface area contributed by atoms with Crippen molar-refractivity contribution in [3.63, 3.8) is 0 Å². The first-order valence-electron chi connectivity index (χ1n) is 9.02. The SMILES string of the molecule is Cn1cccc1/C=C(\C#N)C(=O)c1c(-c2ccccc2)n(C)c2ccccc12. The summed E-state index contributed by atoms with van der Waals surface area (Å²) in [5, 5.41) is 10.6. The first-order chi connectivity index (χ1) is 13.6. The molecule has 0 saturated heterocycles. The minimum Gasteiger partial charge on any atom is -0.351 e. The lowest BCUT2D eigenvalue weighted by Gasteiger charge is -2.08. The molecule has 0 aliphatic carbocycles. The number of aryl methyl sites for hydroxylation is 2. The Bertz CT molecular complexity index is 1250. The molecule has 4 rings (SSSR count). The Morgan fingerprint density at radius 3 is 2.36 bits per heavy atom. The molecule has 0 amide bonds. The van der Waals surface area contributed by atoms with Crippen LogP contribution in [0, 0.1) is 11.3 Å². The highest BCUT2D eigenvalue weighted by Crippen LogP contribution is 2.34. The minimum atomic E-state index is -0.264. The first-order valence-corrected chi connectivity index (χ1v) is 9.02. The maximum Gasteiger partial charge on any atom is 0.206 e. The fourth-order valence-corrected chi connectivity index (χ4v) is 3.61. The Kier molecular flexibility index (Phi) is 4.42. The summed E-state index contributed by atoms with van der Waals surface area (Å²) in [6.45, 7) is 0. The molecule has 0 unspecified atom stereocenters. The minimum absolute atomic E-state index is 0.121. The highest BCUT2D eigenvalue weighted by molar-refractivity contribution is 6.23.